The van der Waals surface area contributed by atoms with E-state index in [0.717, 1.165) is 37.4 Å². The maximum Gasteiger partial charge on any atom is 0.278 e. The standard InChI is InChI=1S/C29H28N6O3/c1-38-22-10-7-19(8-11-22)24-18-32-28(30)26(33-24)29(37)34-23-17-21(27(36)20-5-3-2-4-6-20)9-12-25(23)35-15-13-31-14-16-35/h2-12,17-18,31H,13-16H2,1H3,(H2,30,32)(H,34,37). The first-order chi connectivity index (χ1) is 18.5. The average Bonchev–Trinajstić information content (AvgIpc) is 2.98. The second-order valence-corrected chi connectivity index (χ2v) is 8.84. The Morgan fingerprint density at radius 1 is 0.974 bits per heavy atom. The molecule has 1 aromatic heterocycles. The lowest BCUT2D eigenvalue weighted by Crippen LogP contribution is -2.43. The van der Waals surface area contributed by atoms with E-state index in [1.165, 1.54) is 6.20 Å². The Labute approximate surface area is 220 Å². The van der Waals surface area contributed by atoms with Crippen LogP contribution in [0.3, 0.4) is 0 Å². The van der Waals surface area contributed by atoms with E-state index in [4.69, 9.17) is 10.5 Å². The number of benzene rings is 3. The Bertz CT molecular complexity index is 1450. The number of carbonyl (C=O) groups excluding carboxylic acids is 2. The Kier molecular flexibility index (Phi) is 7.28. The summed E-state index contributed by atoms with van der Waals surface area (Å²) in [6, 6.07) is 21.7. The molecule has 2 heterocycles. The first-order valence-corrected chi connectivity index (χ1v) is 12.3. The highest BCUT2D eigenvalue weighted by Gasteiger charge is 2.21. The van der Waals surface area contributed by atoms with Gasteiger partial charge in [0.1, 0.15) is 5.75 Å². The van der Waals surface area contributed by atoms with Gasteiger partial charge in [-0.3, -0.25) is 9.59 Å². The van der Waals surface area contributed by atoms with Crippen molar-refractivity contribution in [3.63, 3.8) is 0 Å². The Morgan fingerprint density at radius 2 is 1.71 bits per heavy atom. The Morgan fingerprint density at radius 3 is 2.42 bits per heavy atom. The van der Waals surface area contributed by atoms with Crippen molar-refractivity contribution in [1.29, 1.82) is 0 Å². The van der Waals surface area contributed by atoms with Gasteiger partial charge in [-0.05, 0) is 42.5 Å². The number of hydrogen-bond donors (Lipinski definition) is 3. The molecular formula is C29H28N6O3. The molecule has 1 fully saturated rings. The first kappa shape index (κ1) is 24.9. The van der Waals surface area contributed by atoms with Crippen molar-refractivity contribution >= 4 is 28.9 Å². The lowest BCUT2D eigenvalue weighted by molar-refractivity contribution is 0.101. The zero-order chi connectivity index (χ0) is 26.5. The summed E-state index contributed by atoms with van der Waals surface area (Å²) in [7, 11) is 1.59. The van der Waals surface area contributed by atoms with E-state index in [0.29, 0.717) is 28.3 Å². The van der Waals surface area contributed by atoms with Crippen LogP contribution < -0.4 is 26.0 Å². The fraction of sp³-hybridized carbons (Fsp3) is 0.172. The number of carbonyl (C=O) groups is 2. The van der Waals surface area contributed by atoms with E-state index < -0.39 is 5.91 Å². The predicted octanol–water partition coefficient (Wildman–Crippen LogP) is 3.63. The topological polar surface area (TPSA) is 122 Å². The van der Waals surface area contributed by atoms with Crippen LogP contribution in [0.2, 0.25) is 0 Å². The molecule has 1 aliphatic rings. The summed E-state index contributed by atoms with van der Waals surface area (Å²) >= 11 is 0. The van der Waals surface area contributed by atoms with Gasteiger partial charge in [-0.25, -0.2) is 9.97 Å². The Balaban J connectivity index is 1.48. The number of amides is 1. The minimum Gasteiger partial charge on any atom is -0.497 e. The predicted molar refractivity (Wildman–Crippen MR) is 148 cm³/mol. The number of rotatable bonds is 7. The summed E-state index contributed by atoms with van der Waals surface area (Å²) in [6.07, 6.45) is 1.53. The third kappa shape index (κ3) is 5.33. The molecule has 0 aliphatic carbocycles. The third-order valence-corrected chi connectivity index (χ3v) is 6.40. The van der Waals surface area contributed by atoms with Gasteiger partial charge in [-0.2, -0.15) is 0 Å². The minimum atomic E-state index is -0.508. The molecule has 0 spiro atoms. The smallest absolute Gasteiger partial charge is 0.278 e. The van der Waals surface area contributed by atoms with E-state index in [1.54, 1.807) is 31.4 Å². The highest BCUT2D eigenvalue weighted by Crippen LogP contribution is 2.30. The van der Waals surface area contributed by atoms with Crippen LogP contribution in [0, 0.1) is 0 Å². The van der Waals surface area contributed by atoms with E-state index in [1.807, 2.05) is 48.5 Å². The van der Waals surface area contributed by atoms with Crippen molar-refractivity contribution in [2.24, 2.45) is 0 Å². The molecule has 192 valence electrons. The van der Waals surface area contributed by atoms with Crippen LogP contribution in [0.25, 0.3) is 11.3 Å². The number of aromatic nitrogens is 2. The molecule has 0 radical (unpaired) electrons. The summed E-state index contributed by atoms with van der Waals surface area (Å²) in [6.45, 7) is 3.17. The normalized spacial score (nSPS) is 13.1. The van der Waals surface area contributed by atoms with Gasteiger partial charge in [0, 0.05) is 42.9 Å². The molecule has 38 heavy (non-hydrogen) atoms. The molecule has 4 aromatic rings. The number of nitrogen functional groups attached to an aromatic ring is 1. The molecule has 4 N–H and O–H groups in total. The van der Waals surface area contributed by atoms with E-state index >= 15 is 0 Å². The highest BCUT2D eigenvalue weighted by atomic mass is 16.5. The summed E-state index contributed by atoms with van der Waals surface area (Å²) in [4.78, 5) is 37.5. The van der Waals surface area contributed by atoms with Crippen LogP contribution in [-0.4, -0.2) is 54.9 Å². The molecule has 9 heteroatoms. The quantitative estimate of drug-likeness (QED) is 0.324. The molecule has 9 nitrogen and oxygen atoms in total. The monoisotopic (exact) mass is 508 g/mol. The number of ketones is 1. The molecule has 0 saturated carbocycles. The molecular weight excluding hydrogens is 480 g/mol. The number of hydrogen-bond acceptors (Lipinski definition) is 8. The molecule has 1 aliphatic heterocycles. The van der Waals surface area contributed by atoms with Gasteiger partial charge in [0.05, 0.1) is 30.4 Å². The maximum atomic E-state index is 13.5. The second-order valence-electron chi connectivity index (χ2n) is 8.84. The zero-order valence-electron chi connectivity index (χ0n) is 21.0. The summed E-state index contributed by atoms with van der Waals surface area (Å²) in [5.41, 5.74) is 9.72. The molecule has 1 saturated heterocycles. The van der Waals surface area contributed by atoms with E-state index in [-0.39, 0.29) is 17.3 Å². The van der Waals surface area contributed by atoms with Gasteiger partial charge in [0.25, 0.3) is 5.91 Å². The highest BCUT2D eigenvalue weighted by molar-refractivity contribution is 6.12. The maximum absolute atomic E-state index is 13.5. The summed E-state index contributed by atoms with van der Waals surface area (Å²) < 4.78 is 5.22. The van der Waals surface area contributed by atoms with Gasteiger partial charge >= 0.3 is 0 Å². The van der Waals surface area contributed by atoms with Crippen LogP contribution in [0.15, 0.2) is 79.0 Å². The van der Waals surface area contributed by atoms with Crippen molar-refractivity contribution in [2.45, 2.75) is 0 Å². The van der Waals surface area contributed by atoms with Crippen molar-refractivity contribution in [3.05, 3.63) is 95.8 Å². The molecule has 0 unspecified atom stereocenters. The second kappa shape index (κ2) is 11.1. The van der Waals surface area contributed by atoms with Crippen LogP contribution in [0.1, 0.15) is 26.4 Å². The number of anilines is 3. The van der Waals surface area contributed by atoms with E-state index in [9.17, 15) is 9.59 Å². The van der Waals surface area contributed by atoms with E-state index in [2.05, 4.69) is 25.5 Å². The lowest BCUT2D eigenvalue weighted by Gasteiger charge is -2.31. The van der Waals surface area contributed by atoms with Gasteiger partial charge in [-0.15, -0.1) is 0 Å². The number of methoxy groups -OCH3 is 1. The summed E-state index contributed by atoms with van der Waals surface area (Å²) in [5.74, 6) is 0.0836. The minimum absolute atomic E-state index is 0.00404. The number of nitrogens with zero attached hydrogens (tertiary/aromatic N) is 3. The fourth-order valence-electron chi connectivity index (χ4n) is 4.36. The largest absolute Gasteiger partial charge is 0.497 e. The zero-order valence-corrected chi connectivity index (χ0v) is 21.0. The van der Waals surface area contributed by atoms with Crippen LogP contribution >= 0.6 is 0 Å². The number of nitrogens with two attached hydrogens (primary N) is 1. The fourth-order valence-corrected chi connectivity index (χ4v) is 4.36. The van der Waals surface area contributed by atoms with Crippen molar-refractivity contribution in [3.8, 4) is 17.0 Å². The van der Waals surface area contributed by atoms with Crippen LogP contribution in [0.4, 0.5) is 17.2 Å². The number of piperazine rings is 1. The molecule has 0 bridgehead atoms. The molecule has 1 amide bonds. The third-order valence-electron chi connectivity index (χ3n) is 6.40. The van der Waals surface area contributed by atoms with Crippen LogP contribution in [-0.2, 0) is 0 Å². The summed E-state index contributed by atoms with van der Waals surface area (Å²) in [5, 5.41) is 6.29. The number of ether oxygens (including phenoxy) is 1. The molecule has 5 rings (SSSR count). The SMILES string of the molecule is COc1ccc(-c2cnc(N)c(C(=O)Nc3cc(C(=O)c4ccccc4)ccc3N3CCNCC3)n2)cc1. The Hall–Kier alpha value is -4.76. The van der Waals surface area contributed by atoms with Gasteiger partial charge < -0.3 is 26.0 Å². The van der Waals surface area contributed by atoms with Gasteiger partial charge in [0.2, 0.25) is 0 Å². The molecule has 3 aromatic carbocycles. The molecule has 0 atom stereocenters. The average molecular weight is 509 g/mol. The van der Waals surface area contributed by atoms with Crippen molar-refractivity contribution in [1.82, 2.24) is 15.3 Å². The lowest BCUT2D eigenvalue weighted by atomic mass is 10.0. The van der Waals surface area contributed by atoms with Gasteiger partial charge in [0.15, 0.2) is 17.3 Å². The van der Waals surface area contributed by atoms with Gasteiger partial charge in [-0.1, -0.05) is 30.3 Å². The first-order valence-electron chi connectivity index (χ1n) is 12.3. The van der Waals surface area contributed by atoms with Crippen LogP contribution in [0.5, 0.6) is 5.75 Å². The number of nitrogens with one attached hydrogen (secondary N) is 2. The van der Waals surface area contributed by atoms with Crippen molar-refractivity contribution < 1.29 is 14.3 Å². The van der Waals surface area contributed by atoms with Crippen molar-refractivity contribution in [2.75, 3.05) is 49.2 Å².